The zero-order valence-electron chi connectivity index (χ0n) is 14.1. The second-order valence-electron chi connectivity index (χ2n) is 6.07. The van der Waals surface area contributed by atoms with Gasteiger partial charge in [0.15, 0.2) is 0 Å². The van der Waals surface area contributed by atoms with Gasteiger partial charge in [0.1, 0.15) is 0 Å². The molecule has 2 heterocycles. The molecule has 0 bridgehead atoms. The minimum absolute atomic E-state index is 0.0994. The van der Waals surface area contributed by atoms with Gasteiger partial charge < -0.3 is 10.3 Å². The summed E-state index contributed by atoms with van der Waals surface area (Å²) in [5.74, 6) is 0. The van der Waals surface area contributed by atoms with Gasteiger partial charge >= 0.3 is 0 Å². The van der Waals surface area contributed by atoms with Crippen LogP contribution in [0.4, 0.5) is 11.4 Å². The van der Waals surface area contributed by atoms with Crippen LogP contribution in [-0.2, 0) is 7.05 Å². The summed E-state index contributed by atoms with van der Waals surface area (Å²) in [6.45, 7) is 1.80. The lowest BCUT2D eigenvalue weighted by Crippen LogP contribution is -2.22. The molecule has 0 spiro atoms. The molecule has 0 fully saturated rings. The lowest BCUT2D eigenvalue weighted by atomic mass is 10.0. The minimum Gasteiger partial charge on any atom is -0.361 e. The number of aromatic nitrogens is 3. The van der Waals surface area contributed by atoms with Crippen LogP contribution in [0.2, 0.25) is 0 Å². The van der Waals surface area contributed by atoms with Gasteiger partial charge in [-0.25, -0.2) is 4.68 Å². The van der Waals surface area contributed by atoms with Crippen LogP contribution in [0.25, 0.3) is 22.0 Å². The van der Waals surface area contributed by atoms with Gasteiger partial charge in [0.25, 0.3) is 5.56 Å². The molecule has 2 N–H and O–H groups in total. The number of rotatable bonds is 3. The maximum absolute atomic E-state index is 12.0. The summed E-state index contributed by atoms with van der Waals surface area (Å²) in [5.41, 5.74) is 5.58. The Morgan fingerprint density at radius 3 is 2.72 bits per heavy atom. The average Bonchev–Trinajstić information content (AvgIpc) is 3.06. The van der Waals surface area contributed by atoms with Crippen molar-refractivity contribution in [2.45, 2.75) is 6.92 Å². The summed E-state index contributed by atoms with van der Waals surface area (Å²) in [4.78, 5) is 15.4. The van der Waals surface area contributed by atoms with Crippen molar-refractivity contribution in [1.29, 1.82) is 0 Å². The van der Waals surface area contributed by atoms with E-state index in [1.165, 1.54) is 4.68 Å². The van der Waals surface area contributed by atoms with Gasteiger partial charge in [0.05, 0.1) is 11.9 Å². The van der Waals surface area contributed by atoms with E-state index in [-0.39, 0.29) is 5.56 Å². The smallest absolute Gasteiger partial charge is 0.271 e. The number of anilines is 2. The van der Waals surface area contributed by atoms with E-state index in [0.29, 0.717) is 5.56 Å². The maximum Gasteiger partial charge on any atom is 0.271 e. The summed E-state index contributed by atoms with van der Waals surface area (Å²) in [6.07, 6.45) is 3.70. The third kappa shape index (κ3) is 2.70. The first-order chi connectivity index (χ1) is 12.1. The second kappa shape index (κ2) is 5.94. The van der Waals surface area contributed by atoms with Crippen molar-refractivity contribution in [3.05, 3.63) is 76.8 Å². The standard InChI is InChI=1S/C20H18N4O/c1-13-19(12-22-24(2)20(13)25)23-15-8-9-18-16(10-15)17(11-21-18)14-6-4-3-5-7-14/h3-12,21,23H,1-2H3. The first-order valence-electron chi connectivity index (χ1n) is 8.10. The van der Waals surface area contributed by atoms with Gasteiger partial charge in [-0.2, -0.15) is 5.10 Å². The molecule has 25 heavy (non-hydrogen) atoms. The second-order valence-corrected chi connectivity index (χ2v) is 6.07. The van der Waals surface area contributed by atoms with Crippen molar-refractivity contribution >= 4 is 22.3 Å². The molecule has 0 radical (unpaired) electrons. The van der Waals surface area contributed by atoms with Gasteiger partial charge in [-0.05, 0) is 30.7 Å². The minimum atomic E-state index is -0.0994. The first kappa shape index (κ1) is 15.2. The Morgan fingerprint density at radius 2 is 1.92 bits per heavy atom. The topological polar surface area (TPSA) is 62.7 Å². The van der Waals surface area contributed by atoms with Crippen LogP contribution in [0, 0.1) is 6.92 Å². The van der Waals surface area contributed by atoms with E-state index in [2.05, 4.69) is 33.6 Å². The predicted molar refractivity (Wildman–Crippen MR) is 101 cm³/mol. The number of hydrogen-bond donors (Lipinski definition) is 2. The Bertz CT molecular complexity index is 1110. The molecule has 0 saturated heterocycles. The third-order valence-corrected chi connectivity index (χ3v) is 4.42. The summed E-state index contributed by atoms with van der Waals surface area (Å²) in [7, 11) is 1.65. The first-order valence-corrected chi connectivity index (χ1v) is 8.10. The van der Waals surface area contributed by atoms with E-state index >= 15 is 0 Å². The highest BCUT2D eigenvalue weighted by Crippen LogP contribution is 2.31. The van der Waals surface area contributed by atoms with Crippen molar-refractivity contribution < 1.29 is 0 Å². The summed E-state index contributed by atoms with van der Waals surface area (Å²) < 4.78 is 1.34. The molecule has 2 aromatic heterocycles. The molecule has 0 aliphatic rings. The van der Waals surface area contributed by atoms with Crippen molar-refractivity contribution in [3.8, 4) is 11.1 Å². The average molecular weight is 330 g/mol. The number of hydrogen-bond acceptors (Lipinski definition) is 3. The molecule has 4 aromatic rings. The molecule has 124 valence electrons. The van der Waals surface area contributed by atoms with Crippen LogP contribution < -0.4 is 10.9 Å². The zero-order valence-corrected chi connectivity index (χ0v) is 14.1. The fraction of sp³-hybridized carbons (Fsp3) is 0.100. The predicted octanol–water partition coefficient (Wildman–Crippen LogP) is 3.98. The Hall–Kier alpha value is -3.34. The van der Waals surface area contributed by atoms with Gasteiger partial charge in [0, 0.05) is 41.0 Å². The Labute approximate surface area is 144 Å². The molecule has 5 heteroatoms. The Balaban J connectivity index is 1.77. The number of nitrogens with one attached hydrogen (secondary N) is 2. The molecule has 0 atom stereocenters. The quantitative estimate of drug-likeness (QED) is 0.597. The molecule has 5 nitrogen and oxygen atoms in total. The van der Waals surface area contributed by atoms with E-state index in [0.717, 1.165) is 33.4 Å². The molecular formula is C20H18N4O. The Morgan fingerprint density at radius 1 is 1.12 bits per heavy atom. The van der Waals surface area contributed by atoms with Crippen LogP contribution in [0.5, 0.6) is 0 Å². The van der Waals surface area contributed by atoms with E-state index in [1.807, 2.05) is 36.5 Å². The number of benzene rings is 2. The summed E-state index contributed by atoms with van der Waals surface area (Å²) >= 11 is 0. The zero-order chi connectivity index (χ0) is 17.4. The molecule has 0 aliphatic carbocycles. The number of aromatic amines is 1. The molecule has 0 amide bonds. The van der Waals surface area contributed by atoms with Gasteiger partial charge in [-0.1, -0.05) is 30.3 Å². The molecule has 2 aromatic carbocycles. The van der Waals surface area contributed by atoms with E-state index < -0.39 is 0 Å². The highest BCUT2D eigenvalue weighted by molar-refractivity contribution is 5.97. The molecule has 4 rings (SSSR count). The van der Waals surface area contributed by atoms with E-state index in [1.54, 1.807) is 20.2 Å². The van der Waals surface area contributed by atoms with Gasteiger partial charge in [0.2, 0.25) is 0 Å². The fourth-order valence-corrected chi connectivity index (χ4v) is 2.99. The highest BCUT2D eigenvalue weighted by Gasteiger charge is 2.09. The fourth-order valence-electron chi connectivity index (χ4n) is 2.99. The SMILES string of the molecule is Cc1c(Nc2ccc3[nH]cc(-c4ccccc4)c3c2)cnn(C)c1=O. The van der Waals surface area contributed by atoms with Gasteiger partial charge in [-0.15, -0.1) is 0 Å². The lowest BCUT2D eigenvalue weighted by molar-refractivity contribution is 0.702. The molecule has 0 unspecified atom stereocenters. The van der Waals surface area contributed by atoms with Crippen LogP contribution in [0.3, 0.4) is 0 Å². The maximum atomic E-state index is 12.0. The summed E-state index contributed by atoms with van der Waals surface area (Å²) in [5, 5.41) is 8.53. The monoisotopic (exact) mass is 330 g/mol. The van der Waals surface area contributed by atoms with Crippen LogP contribution in [0.15, 0.2) is 65.7 Å². The normalized spacial score (nSPS) is 11.0. The largest absolute Gasteiger partial charge is 0.361 e. The van der Waals surface area contributed by atoms with Crippen molar-refractivity contribution in [2.75, 3.05) is 5.32 Å². The number of aryl methyl sites for hydroxylation is 1. The molecular weight excluding hydrogens is 312 g/mol. The molecule has 0 saturated carbocycles. The van der Waals surface area contributed by atoms with E-state index in [9.17, 15) is 4.79 Å². The molecule has 0 aliphatic heterocycles. The Kier molecular flexibility index (Phi) is 3.61. The van der Waals surface area contributed by atoms with Crippen LogP contribution in [0.1, 0.15) is 5.56 Å². The van der Waals surface area contributed by atoms with E-state index in [4.69, 9.17) is 0 Å². The number of nitrogens with zero attached hydrogens (tertiary/aromatic N) is 2. The van der Waals surface area contributed by atoms with Crippen LogP contribution >= 0.6 is 0 Å². The van der Waals surface area contributed by atoms with Crippen LogP contribution in [-0.4, -0.2) is 14.8 Å². The lowest BCUT2D eigenvalue weighted by Gasteiger charge is -2.10. The van der Waals surface area contributed by atoms with Crippen molar-refractivity contribution in [3.63, 3.8) is 0 Å². The number of H-pyrrole nitrogens is 1. The van der Waals surface area contributed by atoms with Crippen molar-refractivity contribution in [2.24, 2.45) is 7.05 Å². The number of fused-ring (bicyclic) bond motifs is 1. The van der Waals surface area contributed by atoms with Gasteiger partial charge in [-0.3, -0.25) is 4.79 Å². The highest BCUT2D eigenvalue weighted by atomic mass is 16.1. The summed E-state index contributed by atoms with van der Waals surface area (Å²) in [6, 6.07) is 16.4. The third-order valence-electron chi connectivity index (χ3n) is 4.42. The van der Waals surface area contributed by atoms with Crippen molar-refractivity contribution in [1.82, 2.24) is 14.8 Å².